The van der Waals surface area contributed by atoms with Crippen LogP contribution in [0.3, 0.4) is 0 Å². The monoisotopic (exact) mass is 416 g/mol. The molecule has 0 unspecified atom stereocenters. The van der Waals surface area contributed by atoms with Crippen molar-refractivity contribution in [3.8, 4) is 16.9 Å². The summed E-state index contributed by atoms with van der Waals surface area (Å²) in [6.45, 7) is 0. The standard InChI is InChI=1S/C24H17FN2O2S/c25-19-13-11-17(12-14-19)21-15-23(29)27(20-9-5-2-6-10-20)24(26-21)30-16-22(28)18-7-3-1-4-8-18/h1-15H,16H2. The van der Waals surface area contributed by atoms with E-state index in [9.17, 15) is 14.0 Å². The van der Waals surface area contributed by atoms with Crippen LogP contribution in [0.5, 0.6) is 0 Å². The summed E-state index contributed by atoms with van der Waals surface area (Å²) < 4.78 is 14.8. The lowest BCUT2D eigenvalue weighted by Gasteiger charge is -2.13. The van der Waals surface area contributed by atoms with Gasteiger partial charge in [-0.2, -0.15) is 0 Å². The zero-order valence-electron chi connectivity index (χ0n) is 15.9. The number of carbonyl (C=O) groups excluding carboxylic acids is 1. The van der Waals surface area contributed by atoms with Crippen LogP contribution in [0.1, 0.15) is 10.4 Å². The molecule has 4 nitrogen and oxygen atoms in total. The Kier molecular flexibility index (Phi) is 5.86. The second-order valence-corrected chi connectivity index (χ2v) is 7.46. The predicted octanol–water partition coefficient (Wildman–Crippen LogP) is 5.01. The smallest absolute Gasteiger partial charge is 0.259 e. The third-order valence-electron chi connectivity index (χ3n) is 4.47. The lowest BCUT2D eigenvalue weighted by atomic mass is 10.1. The molecule has 4 aromatic rings. The van der Waals surface area contributed by atoms with E-state index in [1.807, 2.05) is 48.5 Å². The first-order chi connectivity index (χ1) is 14.6. The Bertz CT molecular complexity index is 1220. The lowest BCUT2D eigenvalue weighted by Crippen LogP contribution is -2.21. The van der Waals surface area contributed by atoms with Crippen LogP contribution < -0.4 is 5.56 Å². The molecule has 0 aliphatic heterocycles. The molecule has 0 spiro atoms. The lowest BCUT2D eigenvalue weighted by molar-refractivity contribution is 0.102. The van der Waals surface area contributed by atoms with Gasteiger partial charge in [-0.1, -0.05) is 60.3 Å². The van der Waals surface area contributed by atoms with E-state index < -0.39 is 0 Å². The molecule has 4 rings (SSSR count). The van der Waals surface area contributed by atoms with Crippen LogP contribution in [0.25, 0.3) is 16.9 Å². The third kappa shape index (κ3) is 4.39. The Hall–Kier alpha value is -3.51. The summed E-state index contributed by atoms with van der Waals surface area (Å²) in [7, 11) is 0. The van der Waals surface area contributed by atoms with Crippen molar-refractivity contribution in [2.24, 2.45) is 0 Å². The molecule has 30 heavy (non-hydrogen) atoms. The van der Waals surface area contributed by atoms with Crippen molar-refractivity contribution < 1.29 is 9.18 Å². The molecule has 0 aliphatic rings. The van der Waals surface area contributed by atoms with Crippen LogP contribution in [-0.2, 0) is 0 Å². The molecule has 0 fully saturated rings. The first-order valence-electron chi connectivity index (χ1n) is 9.28. The number of para-hydroxylation sites is 1. The molecule has 1 heterocycles. The molecule has 0 atom stereocenters. The molecule has 1 aromatic heterocycles. The van der Waals surface area contributed by atoms with Crippen LogP contribution in [0.4, 0.5) is 4.39 Å². The van der Waals surface area contributed by atoms with E-state index in [0.29, 0.717) is 27.7 Å². The number of Topliss-reactive ketones (excluding diaryl/α,β-unsaturated/α-hetero) is 1. The largest absolute Gasteiger partial charge is 0.293 e. The highest BCUT2D eigenvalue weighted by Crippen LogP contribution is 2.24. The molecular weight excluding hydrogens is 399 g/mol. The van der Waals surface area contributed by atoms with Gasteiger partial charge in [0.25, 0.3) is 5.56 Å². The molecule has 0 bridgehead atoms. The summed E-state index contributed by atoms with van der Waals surface area (Å²) in [5.74, 6) is -0.281. The van der Waals surface area contributed by atoms with E-state index >= 15 is 0 Å². The molecule has 0 amide bonds. The fourth-order valence-corrected chi connectivity index (χ4v) is 3.89. The predicted molar refractivity (Wildman–Crippen MR) is 117 cm³/mol. The average Bonchev–Trinajstić information content (AvgIpc) is 2.78. The summed E-state index contributed by atoms with van der Waals surface area (Å²) in [6.07, 6.45) is 0. The number of nitrogens with zero attached hydrogens (tertiary/aromatic N) is 2. The van der Waals surface area contributed by atoms with E-state index in [1.165, 1.54) is 34.5 Å². The minimum Gasteiger partial charge on any atom is -0.293 e. The Balaban J connectivity index is 1.74. The van der Waals surface area contributed by atoms with Gasteiger partial charge in [0.05, 0.1) is 17.1 Å². The number of ketones is 1. The average molecular weight is 416 g/mol. The van der Waals surface area contributed by atoms with Crippen molar-refractivity contribution in [3.63, 3.8) is 0 Å². The van der Waals surface area contributed by atoms with Gasteiger partial charge in [-0.3, -0.25) is 14.2 Å². The second kappa shape index (κ2) is 8.88. The maximum atomic E-state index is 13.3. The molecule has 148 valence electrons. The Morgan fingerprint density at radius 3 is 2.20 bits per heavy atom. The molecule has 0 radical (unpaired) electrons. The number of halogens is 1. The first-order valence-corrected chi connectivity index (χ1v) is 10.3. The van der Waals surface area contributed by atoms with Crippen LogP contribution in [0, 0.1) is 5.82 Å². The van der Waals surface area contributed by atoms with E-state index in [-0.39, 0.29) is 22.9 Å². The zero-order valence-corrected chi connectivity index (χ0v) is 16.7. The van der Waals surface area contributed by atoms with E-state index in [2.05, 4.69) is 4.98 Å². The van der Waals surface area contributed by atoms with Crippen LogP contribution >= 0.6 is 11.8 Å². The number of carbonyl (C=O) groups is 1. The van der Waals surface area contributed by atoms with Crippen molar-refractivity contribution in [1.29, 1.82) is 0 Å². The van der Waals surface area contributed by atoms with Crippen molar-refractivity contribution in [1.82, 2.24) is 9.55 Å². The summed E-state index contributed by atoms with van der Waals surface area (Å²) in [5, 5.41) is 0.400. The van der Waals surface area contributed by atoms with Gasteiger partial charge in [-0.15, -0.1) is 0 Å². The van der Waals surface area contributed by atoms with Crippen molar-refractivity contribution in [2.45, 2.75) is 5.16 Å². The highest BCUT2D eigenvalue weighted by Gasteiger charge is 2.15. The molecule has 6 heteroatoms. The maximum absolute atomic E-state index is 13.3. The summed E-state index contributed by atoms with van der Waals surface area (Å²) in [6, 6.07) is 25.4. The zero-order chi connectivity index (χ0) is 20.9. The number of rotatable bonds is 6. The second-order valence-electron chi connectivity index (χ2n) is 6.52. The van der Waals surface area contributed by atoms with Crippen molar-refractivity contribution in [2.75, 3.05) is 5.75 Å². The van der Waals surface area contributed by atoms with Crippen LogP contribution in [0.15, 0.2) is 101 Å². The number of aromatic nitrogens is 2. The Morgan fingerprint density at radius 2 is 1.53 bits per heavy atom. The molecular formula is C24H17FN2O2S. The van der Waals surface area contributed by atoms with Gasteiger partial charge >= 0.3 is 0 Å². The molecule has 0 aliphatic carbocycles. The normalized spacial score (nSPS) is 10.7. The fraction of sp³-hybridized carbons (Fsp3) is 0.0417. The fourth-order valence-electron chi connectivity index (χ4n) is 2.98. The number of benzene rings is 3. The first kappa shape index (κ1) is 19.8. The van der Waals surface area contributed by atoms with Crippen LogP contribution in [-0.4, -0.2) is 21.1 Å². The van der Waals surface area contributed by atoms with Gasteiger partial charge < -0.3 is 0 Å². The van der Waals surface area contributed by atoms with Crippen molar-refractivity contribution in [3.05, 3.63) is 113 Å². The van der Waals surface area contributed by atoms with Gasteiger partial charge in [0.2, 0.25) is 0 Å². The van der Waals surface area contributed by atoms with Gasteiger partial charge in [0.15, 0.2) is 10.9 Å². The third-order valence-corrected chi connectivity index (χ3v) is 5.41. The highest BCUT2D eigenvalue weighted by molar-refractivity contribution is 7.99. The molecule has 0 saturated carbocycles. The molecule has 0 N–H and O–H groups in total. The quantitative estimate of drug-likeness (QED) is 0.252. The minimum atomic E-state index is -0.362. The highest BCUT2D eigenvalue weighted by atomic mass is 32.2. The number of hydrogen-bond donors (Lipinski definition) is 0. The van der Waals surface area contributed by atoms with E-state index in [0.717, 1.165) is 0 Å². The number of hydrogen-bond acceptors (Lipinski definition) is 4. The molecule has 3 aromatic carbocycles. The van der Waals surface area contributed by atoms with Gasteiger partial charge in [-0.05, 0) is 36.4 Å². The summed E-state index contributed by atoms with van der Waals surface area (Å²) in [4.78, 5) is 30.2. The SMILES string of the molecule is O=C(CSc1nc(-c2ccc(F)cc2)cc(=O)n1-c1ccccc1)c1ccccc1. The summed E-state index contributed by atoms with van der Waals surface area (Å²) >= 11 is 1.20. The topological polar surface area (TPSA) is 52.0 Å². The van der Waals surface area contributed by atoms with Crippen molar-refractivity contribution >= 4 is 17.5 Å². The van der Waals surface area contributed by atoms with Gasteiger partial charge in [-0.25, -0.2) is 9.37 Å². The summed E-state index contributed by atoms with van der Waals surface area (Å²) in [5.41, 5.74) is 2.06. The van der Waals surface area contributed by atoms with Gasteiger partial charge in [0, 0.05) is 17.2 Å². The van der Waals surface area contributed by atoms with Gasteiger partial charge in [0.1, 0.15) is 5.82 Å². The Labute approximate surface area is 177 Å². The Morgan fingerprint density at radius 1 is 0.900 bits per heavy atom. The van der Waals surface area contributed by atoms with E-state index in [1.54, 1.807) is 24.3 Å². The maximum Gasteiger partial charge on any atom is 0.259 e. The number of thioether (sulfide) groups is 1. The minimum absolute atomic E-state index is 0.0540. The van der Waals surface area contributed by atoms with Crippen LogP contribution in [0.2, 0.25) is 0 Å². The van der Waals surface area contributed by atoms with E-state index in [4.69, 9.17) is 0 Å². The molecule has 0 saturated heterocycles.